The molecule has 0 amide bonds. The van der Waals surface area contributed by atoms with Crippen LogP contribution in [-0.4, -0.2) is 16.3 Å². The summed E-state index contributed by atoms with van der Waals surface area (Å²) in [6.45, 7) is 0.591. The van der Waals surface area contributed by atoms with Crippen molar-refractivity contribution >= 4 is 40.6 Å². The summed E-state index contributed by atoms with van der Waals surface area (Å²) in [5, 5.41) is 8.22. The standard InChI is InChI=1S/C18H11Cl3F3N3/c19-9-4-5-14(12(8-9)18(22,23)24)27-17-11(6-7-25-17)16(26-27)10-2-1-3-13(20)15(10)21/h1-5,8,25H,6-7H2. The Kier molecular flexibility index (Phi) is 4.53. The van der Waals surface area contributed by atoms with Gasteiger partial charge in [-0.25, -0.2) is 4.68 Å². The quantitative estimate of drug-likeness (QED) is 0.502. The Labute approximate surface area is 167 Å². The third-order valence-corrected chi connectivity index (χ3v) is 5.40. The first-order chi connectivity index (χ1) is 12.8. The Morgan fingerprint density at radius 1 is 1.07 bits per heavy atom. The molecule has 0 aliphatic carbocycles. The Morgan fingerprint density at radius 2 is 1.85 bits per heavy atom. The molecule has 1 aliphatic rings. The van der Waals surface area contributed by atoms with E-state index in [0.29, 0.717) is 40.1 Å². The van der Waals surface area contributed by atoms with Crippen LogP contribution in [-0.2, 0) is 12.6 Å². The van der Waals surface area contributed by atoms with Crippen LogP contribution in [0.15, 0.2) is 36.4 Å². The van der Waals surface area contributed by atoms with E-state index < -0.39 is 11.7 Å². The van der Waals surface area contributed by atoms with E-state index in [4.69, 9.17) is 34.8 Å². The molecule has 0 spiro atoms. The van der Waals surface area contributed by atoms with Crippen molar-refractivity contribution in [2.75, 3.05) is 11.9 Å². The van der Waals surface area contributed by atoms with E-state index in [1.165, 1.54) is 16.8 Å². The second-order valence-corrected chi connectivity index (χ2v) is 7.25. The van der Waals surface area contributed by atoms with Gasteiger partial charge in [-0.1, -0.05) is 46.9 Å². The first kappa shape index (κ1) is 18.5. The smallest absolute Gasteiger partial charge is 0.369 e. The molecule has 3 nitrogen and oxygen atoms in total. The van der Waals surface area contributed by atoms with Crippen molar-refractivity contribution < 1.29 is 13.2 Å². The van der Waals surface area contributed by atoms with Crippen molar-refractivity contribution in [3.05, 3.63) is 62.6 Å². The SMILES string of the molecule is FC(F)(F)c1cc(Cl)ccc1-n1nc(-c2cccc(Cl)c2Cl)c2c1NCC2. The zero-order valence-electron chi connectivity index (χ0n) is 13.5. The number of benzene rings is 2. The van der Waals surface area contributed by atoms with Gasteiger partial charge in [0.05, 0.1) is 27.0 Å². The van der Waals surface area contributed by atoms with Crippen molar-refractivity contribution in [3.63, 3.8) is 0 Å². The summed E-state index contributed by atoms with van der Waals surface area (Å²) in [6, 6.07) is 8.71. The predicted octanol–water partition coefficient (Wildman–Crippen LogP) is 6.49. The van der Waals surface area contributed by atoms with Crippen LogP contribution in [0.2, 0.25) is 15.1 Å². The fourth-order valence-corrected chi connectivity index (χ4v) is 3.73. The number of nitrogens with zero attached hydrogens (tertiary/aromatic N) is 2. The predicted molar refractivity (Wildman–Crippen MR) is 101 cm³/mol. The molecule has 3 aromatic rings. The maximum absolute atomic E-state index is 13.6. The maximum Gasteiger partial charge on any atom is 0.418 e. The molecule has 2 heterocycles. The lowest BCUT2D eigenvalue weighted by Gasteiger charge is -2.15. The average Bonchev–Trinajstić information content (AvgIpc) is 3.19. The van der Waals surface area contributed by atoms with Gasteiger partial charge >= 0.3 is 6.18 Å². The Hall–Kier alpha value is -1.89. The lowest BCUT2D eigenvalue weighted by Crippen LogP contribution is -2.13. The summed E-state index contributed by atoms with van der Waals surface area (Å²) in [6.07, 6.45) is -3.96. The molecule has 1 N–H and O–H groups in total. The van der Waals surface area contributed by atoms with E-state index in [2.05, 4.69) is 10.4 Å². The zero-order chi connectivity index (χ0) is 19.3. The van der Waals surface area contributed by atoms with Gasteiger partial charge < -0.3 is 5.32 Å². The van der Waals surface area contributed by atoms with Crippen molar-refractivity contribution in [1.82, 2.24) is 9.78 Å². The lowest BCUT2D eigenvalue weighted by atomic mass is 10.1. The number of halogens is 6. The first-order valence-electron chi connectivity index (χ1n) is 7.94. The summed E-state index contributed by atoms with van der Waals surface area (Å²) < 4.78 is 41.9. The van der Waals surface area contributed by atoms with Crippen molar-refractivity contribution in [3.8, 4) is 16.9 Å². The first-order valence-corrected chi connectivity index (χ1v) is 9.08. The molecule has 0 fully saturated rings. The van der Waals surface area contributed by atoms with Gasteiger partial charge in [0.15, 0.2) is 0 Å². The van der Waals surface area contributed by atoms with Gasteiger partial charge in [-0.3, -0.25) is 0 Å². The van der Waals surface area contributed by atoms with Crippen molar-refractivity contribution in [2.45, 2.75) is 12.6 Å². The topological polar surface area (TPSA) is 29.9 Å². The molecule has 0 unspecified atom stereocenters. The monoisotopic (exact) mass is 431 g/mol. The van der Waals surface area contributed by atoms with Crippen LogP contribution in [0.25, 0.3) is 16.9 Å². The van der Waals surface area contributed by atoms with Crippen LogP contribution in [0.1, 0.15) is 11.1 Å². The van der Waals surface area contributed by atoms with Crippen LogP contribution in [0, 0.1) is 0 Å². The molecule has 9 heteroatoms. The van der Waals surface area contributed by atoms with E-state index in [9.17, 15) is 13.2 Å². The molecule has 0 atom stereocenters. The second kappa shape index (κ2) is 6.62. The van der Waals surface area contributed by atoms with E-state index in [1.54, 1.807) is 18.2 Å². The minimum Gasteiger partial charge on any atom is -0.369 e. The van der Waals surface area contributed by atoms with Crippen LogP contribution in [0.5, 0.6) is 0 Å². The number of hydrogen-bond acceptors (Lipinski definition) is 2. The highest BCUT2D eigenvalue weighted by Crippen LogP contribution is 2.42. The normalized spacial score (nSPS) is 13.6. The molecule has 0 radical (unpaired) electrons. The van der Waals surface area contributed by atoms with Gasteiger partial charge in [0.2, 0.25) is 0 Å². The van der Waals surface area contributed by atoms with Crippen LogP contribution < -0.4 is 5.32 Å². The number of fused-ring (bicyclic) bond motifs is 1. The van der Waals surface area contributed by atoms with Crippen molar-refractivity contribution in [1.29, 1.82) is 0 Å². The summed E-state index contributed by atoms with van der Waals surface area (Å²) in [4.78, 5) is 0. The van der Waals surface area contributed by atoms with Crippen LogP contribution in [0.3, 0.4) is 0 Å². The van der Waals surface area contributed by atoms with Gasteiger partial charge in [-0.15, -0.1) is 0 Å². The molecule has 2 aromatic carbocycles. The summed E-state index contributed by atoms with van der Waals surface area (Å²) in [5.74, 6) is 0.508. The molecular formula is C18H11Cl3F3N3. The number of anilines is 1. The van der Waals surface area contributed by atoms with Gasteiger partial charge in [-0.05, 0) is 30.7 Å². The van der Waals surface area contributed by atoms with Crippen LogP contribution >= 0.6 is 34.8 Å². The lowest BCUT2D eigenvalue weighted by molar-refractivity contribution is -0.137. The van der Waals surface area contributed by atoms with Gasteiger partial charge in [0.1, 0.15) is 5.82 Å². The van der Waals surface area contributed by atoms with E-state index >= 15 is 0 Å². The fourth-order valence-electron chi connectivity index (χ4n) is 3.17. The summed E-state index contributed by atoms with van der Waals surface area (Å²) in [5.41, 5.74) is 0.901. The fraction of sp³-hybridized carbons (Fsp3) is 0.167. The molecular weight excluding hydrogens is 422 g/mol. The third-order valence-electron chi connectivity index (χ3n) is 4.35. The molecule has 1 aromatic heterocycles. The molecule has 0 saturated carbocycles. The highest BCUT2D eigenvalue weighted by atomic mass is 35.5. The Morgan fingerprint density at radius 3 is 2.59 bits per heavy atom. The third kappa shape index (κ3) is 3.16. The number of alkyl halides is 3. The number of aromatic nitrogens is 2. The van der Waals surface area contributed by atoms with Crippen molar-refractivity contribution in [2.24, 2.45) is 0 Å². The Bertz CT molecular complexity index is 1040. The zero-order valence-corrected chi connectivity index (χ0v) is 15.8. The molecule has 4 rings (SSSR count). The molecule has 0 saturated heterocycles. The minimum absolute atomic E-state index is 0.000875. The number of nitrogens with one attached hydrogen (secondary N) is 1. The second-order valence-electron chi connectivity index (χ2n) is 6.02. The summed E-state index contributed by atoms with van der Waals surface area (Å²) >= 11 is 18.2. The van der Waals surface area contributed by atoms with Gasteiger partial charge in [0, 0.05) is 22.7 Å². The number of rotatable bonds is 2. The van der Waals surface area contributed by atoms with E-state index in [0.717, 1.165) is 11.6 Å². The van der Waals surface area contributed by atoms with E-state index in [-0.39, 0.29) is 10.7 Å². The Balaban J connectivity index is 1.97. The highest BCUT2D eigenvalue weighted by molar-refractivity contribution is 6.43. The van der Waals surface area contributed by atoms with Gasteiger partial charge in [0.25, 0.3) is 0 Å². The molecule has 1 aliphatic heterocycles. The molecule has 140 valence electrons. The maximum atomic E-state index is 13.6. The minimum atomic E-state index is -4.58. The molecule has 0 bridgehead atoms. The van der Waals surface area contributed by atoms with Gasteiger partial charge in [-0.2, -0.15) is 18.3 Å². The molecule has 27 heavy (non-hydrogen) atoms. The highest BCUT2D eigenvalue weighted by Gasteiger charge is 2.36. The summed E-state index contributed by atoms with van der Waals surface area (Å²) in [7, 11) is 0. The number of hydrogen-bond donors (Lipinski definition) is 1. The van der Waals surface area contributed by atoms with E-state index in [1.807, 2.05) is 0 Å². The average molecular weight is 433 g/mol. The van der Waals surface area contributed by atoms with Crippen LogP contribution in [0.4, 0.5) is 19.0 Å². The largest absolute Gasteiger partial charge is 0.418 e.